The first-order valence-corrected chi connectivity index (χ1v) is 7.45. The number of carbonyl (C=O) groups is 1. The zero-order valence-corrected chi connectivity index (χ0v) is 14.2. The number of aliphatic hydroxyl groups is 1. The second kappa shape index (κ2) is 8.49. The summed E-state index contributed by atoms with van der Waals surface area (Å²) in [7, 11) is 3.03. The molecule has 7 heteroatoms. The number of nitrogens with one attached hydrogen (secondary N) is 1. The molecule has 0 saturated heterocycles. The Hall–Kier alpha value is -3.35. The highest BCUT2D eigenvalue weighted by Gasteiger charge is 2.14. The van der Waals surface area contributed by atoms with Gasteiger partial charge in [-0.3, -0.25) is 4.79 Å². The fourth-order valence-corrected chi connectivity index (χ4v) is 1.97. The average Bonchev–Trinajstić information content (AvgIpc) is 2.62. The van der Waals surface area contributed by atoms with Gasteiger partial charge in [-0.1, -0.05) is 18.2 Å². The summed E-state index contributed by atoms with van der Waals surface area (Å²) in [6.45, 7) is 1.37. The summed E-state index contributed by atoms with van der Waals surface area (Å²) in [6, 6.07) is 13.8. The van der Waals surface area contributed by atoms with Gasteiger partial charge in [-0.15, -0.1) is 10.2 Å². The molecule has 0 fully saturated rings. The predicted molar refractivity (Wildman–Crippen MR) is 94.5 cm³/mol. The number of ether oxygens (including phenoxy) is 2. The third-order valence-corrected chi connectivity index (χ3v) is 3.23. The van der Waals surface area contributed by atoms with E-state index in [1.165, 1.54) is 14.0 Å². The van der Waals surface area contributed by atoms with E-state index in [-0.39, 0.29) is 11.5 Å². The Morgan fingerprint density at radius 3 is 2.40 bits per heavy atom. The van der Waals surface area contributed by atoms with Crippen LogP contribution in [0.3, 0.4) is 0 Å². The molecule has 0 saturated carbocycles. The van der Waals surface area contributed by atoms with Gasteiger partial charge in [-0.05, 0) is 31.2 Å². The highest BCUT2D eigenvalue weighted by atomic mass is 16.5. The summed E-state index contributed by atoms with van der Waals surface area (Å²) < 4.78 is 10.3. The van der Waals surface area contributed by atoms with Crippen molar-refractivity contribution in [1.82, 2.24) is 0 Å². The molecule has 2 N–H and O–H groups in total. The van der Waals surface area contributed by atoms with Crippen LogP contribution in [0.15, 0.2) is 70.2 Å². The minimum Gasteiger partial charge on any atom is -0.510 e. The quantitative estimate of drug-likeness (QED) is 0.467. The molecule has 0 aliphatic heterocycles. The monoisotopic (exact) mass is 341 g/mol. The molecular weight excluding hydrogens is 322 g/mol. The first-order chi connectivity index (χ1) is 12.0. The van der Waals surface area contributed by atoms with Crippen LogP contribution in [0, 0.1) is 0 Å². The Kier molecular flexibility index (Phi) is 6.11. The summed E-state index contributed by atoms with van der Waals surface area (Å²) in [5.74, 6) is 0.223. The molecule has 1 amide bonds. The van der Waals surface area contributed by atoms with E-state index in [1.54, 1.807) is 49.6 Å². The van der Waals surface area contributed by atoms with Gasteiger partial charge < -0.3 is 19.9 Å². The molecule has 0 spiro atoms. The summed E-state index contributed by atoms with van der Waals surface area (Å²) >= 11 is 0. The molecule has 0 radical (unpaired) electrons. The Morgan fingerprint density at radius 2 is 1.80 bits per heavy atom. The maximum atomic E-state index is 12.3. The Bertz CT molecular complexity index is 797. The van der Waals surface area contributed by atoms with Crippen molar-refractivity contribution in [2.75, 3.05) is 19.5 Å². The number of amides is 1. The van der Waals surface area contributed by atoms with Crippen LogP contribution >= 0.6 is 0 Å². The molecule has 7 nitrogen and oxygen atoms in total. The fraction of sp³-hybridized carbons (Fsp3) is 0.167. The number of hydrogen-bond donors (Lipinski definition) is 2. The summed E-state index contributed by atoms with van der Waals surface area (Å²) in [4.78, 5) is 12.3. The molecule has 0 aromatic heterocycles. The van der Waals surface area contributed by atoms with Crippen molar-refractivity contribution in [3.63, 3.8) is 0 Å². The fourth-order valence-electron chi connectivity index (χ4n) is 1.97. The topological polar surface area (TPSA) is 92.5 Å². The normalized spacial score (nSPS) is 11.8. The zero-order chi connectivity index (χ0) is 18.2. The largest absolute Gasteiger partial charge is 0.510 e. The van der Waals surface area contributed by atoms with Gasteiger partial charge >= 0.3 is 0 Å². The number of aliphatic hydroxyl groups excluding tert-OH is 1. The zero-order valence-electron chi connectivity index (χ0n) is 14.2. The molecule has 0 bridgehead atoms. The van der Waals surface area contributed by atoms with Crippen molar-refractivity contribution in [3.05, 3.63) is 60.0 Å². The number of methoxy groups -OCH3 is 2. The summed E-state index contributed by atoms with van der Waals surface area (Å²) in [5, 5.41) is 20.3. The van der Waals surface area contributed by atoms with Crippen molar-refractivity contribution in [2.45, 2.75) is 6.92 Å². The number of para-hydroxylation sites is 1. The van der Waals surface area contributed by atoms with Gasteiger partial charge in [0.15, 0.2) is 5.70 Å². The lowest BCUT2D eigenvalue weighted by molar-refractivity contribution is -0.113. The van der Waals surface area contributed by atoms with E-state index in [0.717, 1.165) is 0 Å². The van der Waals surface area contributed by atoms with Crippen LogP contribution in [0.4, 0.5) is 11.4 Å². The van der Waals surface area contributed by atoms with Gasteiger partial charge in [-0.2, -0.15) is 0 Å². The van der Waals surface area contributed by atoms with Crippen LogP contribution in [-0.2, 0) is 4.79 Å². The molecule has 0 heterocycles. The van der Waals surface area contributed by atoms with E-state index in [1.807, 2.05) is 6.07 Å². The number of rotatable bonds is 6. The highest BCUT2D eigenvalue weighted by Crippen LogP contribution is 2.32. The third kappa shape index (κ3) is 4.81. The van der Waals surface area contributed by atoms with Crippen molar-refractivity contribution >= 4 is 17.3 Å². The average molecular weight is 341 g/mol. The lowest BCUT2D eigenvalue weighted by Gasteiger charge is -2.07. The molecule has 2 rings (SSSR count). The third-order valence-electron chi connectivity index (χ3n) is 3.23. The van der Waals surface area contributed by atoms with Crippen molar-refractivity contribution < 1.29 is 19.4 Å². The van der Waals surface area contributed by atoms with Crippen molar-refractivity contribution in [2.24, 2.45) is 10.2 Å². The Balaban J connectivity index is 2.24. The molecule has 0 aliphatic carbocycles. The van der Waals surface area contributed by atoms with Gasteiger partial charge in [0.1, 0.15) is 22.9 Å². The highest BCUT2D eigenvalue weighted by molar-refractivity contribution is 6.03. The van der Waals surface area contributed by atoms with Crippen LogP contribution in [0.25, 0.3) is 0 Å². The first kappa shape index (κ1) is 18.0. The molecule has 2 aromatic carbocycles. The number of benzene rings is 2. The number of allylic oxidation sites excluding steroid dienone is 1. The number of nitrogens with zero attached hydrogens (tertiary/aromatic N) is 2. The molecule has 0 atom stereocenters. The molecule has 0 unspecified atom stereocenters. The van der Waals surface area contributed by atoms with Crippen LogP contribution in [0.5, 0.6) is 11.5 Å². The summed E-state index contributed by atoms with van der Waals surface area (Å²) in [5.41, 5.74) is 0.791. The van der Waals surface area contributed by atoms with E-state index in [9.17, 15) is 9.90 Å². The van der Waals surface area contributed by atoms with Crippen LogP contribution < -0.4 is 14.8 Å². The number of hydrogen-bond acceptors (Lipinski definition) is 6. The van der Waals surface area contributed by atoms with Gasteiger partial charge in [0.05, 0.1) is 14.2 Å². The van der Waals surface area contributed by atoms with Crippen LogP contribution in [-0.4, -0.2) is 25.2 Å². The van der Waals surface area contributed by atoms with Gasteiger partial charge in [-0.25, -0.2) is 0 Å². The minimum absolute atomic E-state index is 0.193. The maximum Gasteiger partial charge on any atom is 0.279 e. The smallest absolute Gasteiger partial charge is 0.279 e. The second-order valence-corrected chi connectivity index (χ2v) is 4.99. The lowest BCUT2D eigenvalue weighted by atomic mass is 10.3. The van der Waals surface area contributed by atoms with E-state index in [2.05, 4.69) is 15.5 Å². The molecule has 25 heavy (non-hydrogen) atoms. The van der Waals surface area contributed by atoms with E-state index < -0.39 is 5.91 Å². The molecule has 130 valence electrons. The van der Waals surface area contributed by atoms with Crippen molar-refractivity contribution in [1.29, 1.82) is 0 Å². The van der Waals surface area contributed by atoms with Gasteiger partial charge in [0, 0.05) is 11.8 Å². The predicted octanol–water partition coefficient (Wildman–Crippen LogP) is 4.22. The van der Waals surface area contributed by atoms with E-state index in [0.29, 0.717) is 22.9 Å². The van der Waals surface area contributed by atoms with Crippen LogP contribution in [0.1, 0.15) is 6.92 Å². The van der Waals surface area contributed by atoms with Crippen LogP contribution in [0.2, 0.25) is 0 Å². The molecule has 2 aromatic rings. The van der Waals surface area contributed by atoms with Gasteiger partial charge in [0.25, 0.3) is 5.91 Å². The SMILES string of the molecule is COc1ccc(N=NC(C(=O)Nc2ccccc2)=C(C)O)c(OC)c1. The van der Waals surface area contributed by atoms with E-state index in [4.69, 9.17) is 9.47 Å². The second-order valence-electron chi connectivity index (χ2n) is 4.99. The Morgan fingerprint density at radius 1 is 1.08 bits per heavy atom. The van der Waals surface area contributed by atoms with Crippen molar-refractivity contribution in [3.8, 4) is 11.5 Å². The standard InChI is InChI=1S/C18H19N3O4/c1-12(22)17(18(23)19-13-7-5-4-6-8-13)21-20-15-10-9-14(24-2)11-16(15)25-3/h4-11,22H,1-3H3,(H,19,23). The first-order valence-electron chi connectivity index (χ1n) is 7.45. The number of azo groups is 1. The number of anilines is 1. The minimum atomic E-state index is -0.567. The lowest BCUT2D eigenvalue weighted by Crippen LogP contribution is -2.14. The summed E-state index contributed by atoms with van der Waals surface area (Å²) in [6.07, 6.45) is 0. The van der Waals surface area contributed by atoms with Gasteiger partial charge in [0.2, 0.25) is 0 Å². The number of carbonyl (C=O) groups excluding carboxylic acids is 1. The maximum absolute atomic E-state index is 12.3. The molecule has 0 aliphatic rings. The Labute approximate surface area is 145 Å². The molecular formula is C18H19N3O4. The van der Waals surface area contributed by atoms with E-state index >= 15 is 0 Å².